The lowest BCUT2D eigenvalue weighted by Gasteiger charge is -2.10. The summed E-state index contributed by atoms with van der Waals surface area (Å²) in [5.41, 5.74) is 2.54. The van der Waals surface area contributed by atoms with Crippen molar-refractivity contribution >= 4 is 5.70 Å². The van der Waals surface area contributed by atoms with Gasteiger partial charge in [0.1, 0.15) is 0 Å². The first kappa shape index (κ1) is 18.4. The highest BCUT2D eigenvalue weighted by Crippen LogP contribution is 2.18. The van der Waals surface area contributed by atoms with Crippen LogP contribution in [0.5, 0.6) is 0 Å². The number of nitrogens with zero attached hydrogens (tertiary/aromatic N) is 2. The Morgan fingerprint density at radius 2 is 1.85 bits per heavy atom. The van der Waals surface area contributed by atoms with Crippen molar-refractivity contribution in [1.29, 1.82) is 0 Å². The summed E-state index contributed by atoms with van der Waals surface area (Å²) >= 11 is 0. The third kappa shape index (κ3) is 7.78. The van der Waals surface area contributed by atoms with Gasteiger partial charge in [-0.15, -0.1) is 0 Å². The van der Waals surface area contributed by atoms with Crippen LogP contribution in [-0.2, 0) is 0 Å². The lowest BCUT2D eigenvalue weighted by molar-refractivity contribution is 0.737. The van der Waals surface area contributed by atoms with E-state index in [1.165, 1.54) is 11.3 Å². The topological polar surface area (TPSA) is 17.8 Å². The van der Waals surface area contributed by atoms with Crippen molar-refractivity contribution in [2.75, 3.05) is 0 Å². The molecule has 112 valence electrons. The first-order valence-electron chi connectivity index (χ1n) is 7.43. The summed E-state index contributed by atoms with van der Waals surface area (Å²) in [7, 11) is 0. The van der Waals surface area contributed by atoms with Gasteiger partial charge in [0.2, 0.25) is 0 Å². The molecule has 20 heavy (non-hydrogen) atoms. The Kier molecular flexibility index (Phi) is 9.44. The molecule has 0 aliphatic carbocycles. The molecule has 1 aromatic rings. The number of hydrogen-bond donors (Lipinski definition) is 0. The van der Waals surface area contributed by atoms with Gasteiger partial charge in [-0.25, -0.2) is 4.98 Å². The SMILES string of the molecule is C=C/C=C(\C=C(/CC)n1ccnc1)C(C)C.CC(C)C. The molecule has 2 heteroatoms. The Morgan fingerprint density at radius 1 is 1.25 bits per heavy atom. The van der Waals surface area contributed by atoms with Gasteiger partial charge in [-0.3, -0.25) is 0 Å². The molecular formula is C18H30N2. The Labute approximate surface area is 124 Å². The molecule has 0 saturated heterocycles. The van der Waals surface area contributed by atoms with Gasteiger partial charge >= 0.3 is 0 Å². The second-order valence-electron chi connectivity index (χ2n) is 5.75. The molecule has 1 aromatic heterocycles. The van der Waals surface area contributed by atoms with Crippen molar-refractivity contribution < 1.29 is 0 Å². The fraction of sp³-hybridized carbons (Fsp3) is 0.500. The van der Waals surface area contributed by atoms with E-state index in [9.17, 15) is 0 Å². The van der Waals surface area contributed by atoms with Gasteiger partial charge in [-0.1, -0.05) is 60.3 Å². The molecule has 0 bridgehead atoms. The van der Waals surface area contributed by atoms with E-state index in [0.29, 0.717) is 5.92 Å². The maximum Gasteiger partial charge on any atom is 0.0989 e. The molecule has 0 fully saturated rings. The largest absolute Gasteiger partial charge is 0.310 e. The monoisotopic (exact) mass is 274 g/mol. The highest BCUT2D eigenvalue weighted by atomic mass is 15.0. The molecule has 0 aliphatic heterocycles. The molecular weight excluding hydrogens is 244 g/mol. The van der Waals surface area contributed by atoms with Gasteiger partial charge in [0.05, 0.1) is 6.33 Å². The molecule has 0 atom stereocenters. The van der Waals surface area contributed by atoms with Gasteiger partial charge in [-0.05, 0) is 29.9 Å². The summed E-state index contributed by atoms with van der Waals surface area (Å²) in [5.74, 6) is 1.34. The number of aromatic nitrogens is 2. The van der Waals surface area contributed by atoms with Crippen LogP contribution in [-0.4, -0.2) is 9.55 Å². The van der Waals surface area contributed by atoms with Crippen LogP contribution in [0.25, 0.3) is 5.70 Å². The Balaban J connectivity index is 0.000000796. The fourth-order valence-corrected chi connectivity index (χ4v) is 1.52. The summed E-state index contributed by atoms with van der Waals surface area (Å²) in [5, 5.41) is 0. The first-order chi connectivity index (χ1) is 9.42. The van der Waals surface area contributed by atoms with Crippen LogP contribution < -0.4 is 0 Å². The number of imidazole rings is 1. The molecule has 0 radical (unpaired) electrons. The van der Waals surface area contributed by atoms with Gasteiger partial charge in [-0.2, -0.15) is 0 Å². The maximum atomic E-state index is 4.07. The zero-order chi connectivity index (χ0) is 15.5. The summed E-state index contributed by atoms with van der Waals surface area (Å²) in [4.78, 5) is 4.07. The van der Waals surface area contributed by atoms with Gasteiger partial charge in [0, 0.05) is 18.1 Å². The summed E-state index contributed by atoms with van der Waals surface area (Å²) in [6.45, 7) is 16.8. The predicted molar refractivity (Wildman–Crippen MR) is 90.4 cm³/mol. The van der Waals surface area contributed by atoms with Crippen LogP contribution >= 0.6 is 0 Å². The second-order valence-corrected chi connectivity index (χ2v) is 5.75. The summed E-state index contributed by atoms with van der Waals surface area (Å²) in [6, 6.07) is 0. The van der Waals surface area contributed by atoms with E-state index in [1.807, 2.05) is 18.6 Å². The van der Waals surface area contributed by atoms with E-state index < -0.39 is 0 Å². The van der Waals surface area contributed by atoms with E-state index >= 15 is 0 Å². The van der Waals surface area contributed by atoms with E-state index in [1.54, 1.807) is 6.20 Å². The highest BCUT2D eigenvalue weighted by molar-refractivity contribution is 5.51. The van der Waals surface area contributed by atoms with E-state index in [2.05, 4.69) is 69.8 Å². The molecule has 0 amide bonds. The minimum atomic E-state index is 0.503. The minimum absolute atomic E-state index is 0.503. The first-order valence-corrected chi connectivity index (χ1v) is 7.43. The van der Waals surface area contributed by atoms with Gasteiger partial charge < -0.3 is 4.57 Å². The lowest BCUT2D eigenvalue weighted by atomic mass is 10.0. The quantitative estimate of drug-likeness (QED) is 0.642. The zero-order valence-electron chi connectivity index (χ0n) is 13.9. The summed E-state index contributed by atoms with van der Waals surface area (Å²) < 4.78 is 2.05. The third-order valence-corrected chi connectivity index (χ3v) is 2.51. The molecule has 0 saturated carbocycles. The lowest BCUT2D eigenvalue weighted by Crippen LogP contribution is -1.97. The summed E-state index contributed by atoms with van der Waals surface area (Å²) in [6.07, 6.45) is 12.7. The third-order valence-electron chi connectivity index (χ3n) is 2.51. The second kappa shape index (κ2) is 10.2. The highest BCUT2D eigenvalue weighted by Gasteiger charge is 2.02. The Bertz CT molecular complexity index is 418. The number of hydrogen-bond acceptors (Lipinski definition) is 1. The Morgan fingerprint density at radius 3 is 2.20 bits per heavy atom. The van der Waals surface area contributed by atoms with Crippen LogP contribution in [0.2, 0.25) is 0 Å². The normalized spacial score (nSPS) is 12.4. The number of allylic oxidation sites excluding steroid dienone is 5. The average molecular weight is 274 g/mol. The molecule has 1 rings (SSSR count). The minimum Gasteiger partial charge on any atom is -0.310 e. The van der Waals surface area contributed by atoms with Crippen molar-refractivity contribution in [2.45, 2.75) is 48.0 Å². The molecule has 0 aromatic carbocycles. The molecule has 0 unspecified atom stereocenters. The van der Waals surface area contributed by atoms with Gasteiger partial charge in [0.25, 0.3) is 0 Å². The van der Waals surface area contributed by atoms with Crippen LogP contribution in [0.3, 0.4) is 0 Å². The van der Waals surface area contributed by atoms with Crippen molar-refractivity contribution in [3.05, 3.63) is 49.1 Å². The zero-order valence-corrected chi connectivity index (χ0v) is 13.9. The van der Waals surface area contributed by atoms with Gasteiger partial charge in [0.15, 0.2) is 0 Å². The van der Waals surface area contributed by atoms with Crippen molar-refractivity contribution in [1.82, 2.24) is 9.55 Å². The smallest absolute Gasteiger partial charge is 0.0989 e. The van der Waals surface area contributed by atoms with Crippen LogP contribution in [0.15, 0.2) is 49.1 Å². The maximum absolute atomic E-state index is 4.07. The molecule has 0 aliphatic rings. The Hall–Kier alpha value is -1.57. The molecule has 1 heterocycles. The van der Waals surface area contributed by atoms with E-state index in [0.717, 1.165) is 12.3 Å². The molecule has 0 N–H and O–H groups in total. The van der Waals surface area contributed by atoms with Crippen molar-refractivity contribution in [3.8, 4) is 0 Å². The van der Waals surface area contributed by atoms with Crippen molar-refractivity contribution in [3.63, 3.8) is 0 Å². The van der Waals surface area contributed by atoms with E-state index in [-0.39, 0.29) is 0 Å². The van der Waals surface area contributed by atoms with Crippen molar-refractivity contribution in [2.24, 2.45) is 11.8 Å². The number of rotatable bonds is 5. The standard InChI is InChI=1S/C14H20N2.C4H10/c1-5-7-13(12(3)4)10-14(6-2)16-9-8-15-11-16;1-4(2)3/h5,7-12H,1,6H2,2-4H3;4H,1-3H3/b13-7+,14-10+;. The molecule has 0 spiro atoms. The van der Waals surface area contributed by atoms with Crippen LogP contribution in [0.1, 0.15) is 48.0 Å². The fourth-order valence-electron chi connectivity index (χ4n) is 1.52. The van der Waals surface area contributed by atoms with Crippen LogP contribution in [0, 0.1) is 11.8 Å². The molecule has 2 nitrogen and oxygen atoms in total. The predicted octanol–water partition coefficient (Wildman–Crippen LogP) is 5.56. The average Bonchev–Trinajstić information content (AvgIpc) is 2.87. The van der Waals surface area contributed by atoms with Crippen LogP contribution in [0.4, 0.5) is 0 Å². The van der Waals surface area contributed by atoms with E-state index in [4.69, 9.17) is 0 Å².